The van der Waals surface area contributed by atoms with E-state index in [1.54, 1.807) is 24.4 Å². The third-order valence-electron chi connectivity index (χ3n) is 17.5. The highest BCUT2D eigenvalue weighted by atomic mass is 32.2. The third-order valence-corrected chi connectivity index (χ3v) is 18.8. The summed E-state index contributed by atoms with van der Waals surface area (Å²) < 4.78 is 49.8. The van der Waals surface area contributed by atoms with Crippen molar-refractivity contribution < 1.29 is 37.5 Å². The van der Waals surface area contributed by atoms with Gasteiger partial charge in [-0.15, -0.1) is 0 Å². The predicted molar refractivity (Wildman–Crippen MR) is 283 cm³/mol. The number of fused-ring (bicyclic) bond motifs is 2. The summed E-state index contributed by atoms with van der Waals surface area (Å²) in [6.07, 6.45) is 12.2. The quantitative estimate of drug-likeness (QED) is 0.0570. The molecule has 0 bridgehead atoms. The van der Waals surface area contributed by atoms with Crippen molar-refractivity contribution >= 4 is 44.0 Å². The zero-order valence-electron chi connectivity index (χ0n) is 43.0. The van der Waals surface area contributed by atoms with E-state index in [9.17, 15) is 28.4 Å². The van der Waals surface area contributed by atoms with E-state index in [1.807, 2.05) is 19.1 Å². The fourth-order valence-corrected chi connectivity index (χ4v) is 13.9. The molecule has 4 N–H and O–H groups in total. The lowest BCUT2D eigenvalue weighted by atomic mass is 9.59. The summed E-state index contributed by atoms with van der Waals surface area (Å²) in [5.41, 5.74) is 3.40. The van der Waals surface area contributed by atoms with Gasteiger partial charge in [0.15, 0.2) is 17.2 Å². The van der Waals surface area contributed by atoms with E-state index in [0.717, 1.165) is 69.1 Å². The molecule has 3 atom stereocenters. The molecule has 2 saturated carbocycles. The van der Waals surface area contributed by atoms with E-state index >= 15 is 0 Å². The first-order chi connectivity index (χ1) is 35.6. The van der Waals surface area contributed by atoms with Crippen LogP contribution < -0.4 is 29.1 Å². The maximum Gasteiger partial charge on any atom is 0.297 e. The van der Waals surface area contributed by atoms with Gasteiger partial charge in [-0.2, -0.15) is 4.98 Å². The minimum atomic E-state index is -4.72. The average Bonchev–Trinajstić information content (AvgIpc) is 4.05. The number of hydrogen-bond donors (Lipinski definition) is 4. The molecule has 18 heteroatoms. The Hall–Kier alpha value is -5.95. The molecule has 6 aliphatic rings. The van der Waals surface area contributed by atoms with Crippen molar-refractivity contribution in [2.75, 3.05) is 56.2 Å². The predicted octanol–water partition coefficient (Wildman–Crippen LogP) is 9.68. The van der Waals surface area contributed by atoms with Crippen LogP contribution in [0.1, 0.15) is 132 Å². The first-order valence-corrected chi connectivity index (χ1v) is 28.3. The van der Waals surface area contributed by atoms with Crippen LogP contribution >= 0.6 is 0 Å². The maximum atomic E-state index is 14.5. The number of likely N-dealkylation sites (N-methyl/N-ethyl adjacent to an activating group) is 1. The van der Waals surface area contributed by atoms with Crippen molar-refractivity contribution in [3.63, 3.8) is 0 Å². The molecule has 5 fully saturated rings. The molecule has 394 valence electrons. The number of amides is 1. The lowest BCUT2D eigenvalue weighted by Gasteiger charge is -2.56. The van der Waals surface area contributed by atoms with Gasteiger partial charge in [0.05, 0.1) is 27.0 Å². The van der Waals surface area contributed by atoms with Gasteiger partial charge in [0.1, 0.15) is 24.6 Å². The number of anilines is 2. The molecule has 5 aromatic rings. The minimum Gasteiger partial charge on any atom is -0.489 e. The monoisotopic (exact) mass is 1030 g/mol. The molecule has 0 unspecified atom stereocenters. The number of hydrogen-bond acceptors (Lipinski definition) is 14. The standard InChI is InChI=1S/C56H70N8O9S/c1-5-61-24-17-39(61)33-72-54-50(27-37-16-22-57-52(37)59-54)73-48-28-38(62-25-20-56(21-26-62)31-40(32-56)63-23-8-11-46(63)43-10-7-6-9-42(43)35(2)3)12-13-44(48)53(65)60-74(69,70)41-29-47(64(67)68)51-49(30-41)71-34-45(58-51)36-14-18-55(4,66)19-15-36/h6-7,9-10,12-13,16,22,27-30,35-36,39-40,45-46,58,66H,5,8,11,14-15,17-21,23-26,31-34H2,1-4H3,(H,57,59)(H,60,65)/t36?,39-,45-,46+,55?/m1/s1. The Kier molecular flexibility index (Phi) is 13.5. The van der Waals surface area contributed by atoms with Gasteiger partial charge in [-0.05, 0) is 143 Å². The molecule has 1 spiro atoms. The molecule has 17 nitrogen and oxygen atoms in total. The van der Waals surface area contributed by atoms with Crippen LogP contribution in [0, 0.1) is 21.4 Å². The first kappa shape index (κ1) is 50.2. The minimum absolute atomic E-state index is 0.00280. The van der Waals surface area contributed by atoms with Crippen LogP contribution in [0.3, 0.4) is 0 Å². The Morgan fingerprint density at radius 2 is 1.77 bits per heavy atom. The van der Waals surface area contributed by atoms with Gasteiger partial charge in [-0.25, -0.2) is 13.1 Å². The molecule has 3 saturated heterocycles. The second kappa shape index (κ2) is 20.0. The Morgan fingerprint density at radius 1 is 0.986 bits per heavy atom. The molecule has 74 heavy (non-hydrogen) atoms. The number of carbonyl (C=O) groups is 1. The smallest absolute Gasteiger partial charge is 0.297 e. The number of aromatic amines is 1. The molecule has 2 aromatic heterocycles. The van der Waals surface area contributed by atoms with Crippen LogP contribution in [0.5, 0.6) is 23.1 Å². The summed E-state index contributed by atoms with van der Waals surface area (Å²) in [4.78, 5) is 41.2. The van der Waals surface area contributed by atoms with Crippen LogP contribution in [-0.4, -0.2) is 114 Å². The number of ether oxygens (including phenoxy) is 3. The van der Waals surface area contributed by atoms with Gasteiger partial charge in [0.2, 0.25) is 0 Å². The number of nitro benzene ring substituents is 1. The van der Waals surface area contributed by atoms with Crippen molar-refractivity contribution in [3.05, 3.63) is 99.7 Å². The number of carbonyl (C=O) groups excluding carboxylic acids is 1. The number of aromatic nitrogens is 2. The Labute approximate surface area is 433 Å². The van der Waals surface area contributed by atoms with Gasteiger partial charge in [0.25, 0.3) is 27.5 Å². The summed E-state index contributed by atoms with van der Waals surface area (Å²) in [6.45, 7) is 13.7. The Bertz CT molecular complexity index is 3020. The number of aliphatic hydroxyl groups is 1. The summed E-state index contributed by atoms with van der Waals surface area (Å²) >= 11 is 0. The third kappa shape index (κ3) is 9.90. The number of rotatable bonds is 15. The van der Waals surface area contributed by atoms with E-state index in [4.69, 9.17) is 19.2 Å². The number of nitrogens with zero attached hydrogens (tertiary/aromatic N) is 5. The molecule has 6 heterocycles. The van der Waals surface area contributed by atoms with E-state index < -0.39 is 37.0 Å². The molecule has 3 aromatic carbocycles. The second-order valence-corrected chi connectivity index (χ2v) is 24.2. The topological polar surface area (TPSA) is 205 Å². The largest absolute Gasteiger partial charge is 0.489 e. The normalized spacial score (nSPS) is 25.2. The number of piperidine rings is 1. The zero-order chi connectivity index (χ0) is 51.5. The SMILES string of the molecule is CCN1CC[C@@H]1COc1nc2[nH]ccc2cc1Oc1cc(N2CCC3(CC2)CC(N2CCC[C@H]2c2ccccc2C(C)C)C3)ccc1C(=O)NS(=O)(=O)c1cc2c(c([N+](=O)[O-])c1)N[C@@H](C1CCC(C)(O)CC1)CO2. The summed E-state index contributed by atoms with van der Waals surface area (Å²) in [5, 5.41) is 27.1. The highest BCUT2D eigenvalue weighted by molar-refractivity contribution is 7.90. The van der Waals surface area contributed by atoms with Gasteiger partial charge in [-0.1, -0.05) is 45.0 Å². The average molecular weight is 1030 g/mol. The van der Waals surface area contributed by atoms with Gasteiger partial charge < -0.3 is 34.5 Å². The lowest BCUT2D eigenvalue weighted by Crippen LogP contribution is -2.54. The van der Waals surface area contributed by atoms with Crippen molar-refractivity contribution in [2.24, 2.45) is 11.3 Å². The van der Waals surface area contributed by atoms with Crippen molar-refractivity contribution in [1.82, 2.24) is 24.5 Å². The number of nitro groups is 1. The highest BCUT2D eigenvalue weighted by Gasteiger charge is 2.50. The summed E-state index contributed by atoms with van der Waals surface area (Å²) in [7, 11) is -4.72. The van der Waals surface area contributed by atoms with E-state index in [1.165, 1.54) is 42.9 Å². The second-order valence-electron chi connectivity index (χ2n) is 22.5. The summed E-state index contributed by atoms with van der Waals surface area (Å²) in [6, 6.07) is 21.0. The fraction of sp³-hybridized carbons (Fsp3) is 0.536. The number of benzene rings is 3. The number of likely N-dealkylation sites (tertiary alicyclic amines) is 2. The van der Waals surface area contributed by atoms with Crippen LogP contribution in [-0.2, 0) is 10.0 Å². The lowest BCUT2D eigenvalue weighted by molar-refractivity contribution is -0.384. The van der Waals surface area contributed by atoms with E-state index in [0.29, 0.717) is 55.9 Å². The van der Waals surface area contributed by atoms with Crippen LogP contribution in [0.25, 0.3) is 11.0 Å². The molecule has 1 amide bonds. The Morgan fingerprint density at radius 3 is 2.50 bits per heavy atom. The van der Waals surface area contributed by atoms with Crippen LogP contribution in [0.4, 0.5) is 17.1 Å². The number of sulfonamides is 1. The molecule has 11 rings (SSSR count). The molecular weight excluding hydrogens is 961 g/mol. The van der Waals surface area contributed by atoms with Crippen molar-refractivity contribution in [2.45, 2.75) is 139 Å². The first-order valence-electron chi connectivity index (χ1n) is 26.8. The Balaban J connectivity index is 0.843. The van der Waals surface area contributed by atoms with Crippen LogP contribution in [0.15, 0.2) is 77.8 Å². The van der Waals surface area contributed by atoms with E-state index in [-0.39, 0.29) is 64.4 Å². The fourth-order valence-electron chi connectivity index (χ4n) is 12.9. The van der Waals surface area contributed by atoms with Crippen molar-refractivity contribution in [1.29, 1.82) is 0 Å². The molecule has 4 aliphatic heterocycles. The molecular formula is C56H70N8O9S. The molecule has 0 radical (unpaired) electrons. The van der Waals surface area contributed by atoms with Crippen molar-refractivity contribution in [3.8, 4) is 23.1 Å². The number of H-pyrrole nitrogens is 1. The number of pyridine rings is 1. The summed E-state index contributed by atoms with van der Waals surface area (Å²) in [5.74, 6) is 0.174. The van der Waals surface area contributed by atoms with Gasteiger partial charge in [-0.3, -0.25) is 24.7 Å². The molecule has 2 aliphatic carbocycles. The van der Waals surface area contributed by atoms with E-state index in [2.05, 4.69) is 74.8 Å². The van der Waals surface area contributed by atoms with Gasteiger partial charge in [0, 0.05) is 73.2 Å². The maximum absolute atomic E-state index is 14.5. The number of nitrogens with one attached hydrogen (secondary N) is 3. The zero-order valence-corrected chi connectivity index (χ0v) is 43.8. The highest BCUT2D eigenvalue weighted by Crippen LogP contribution is 2.55. The van der Waals surface area contributed by atoms with Crippen LogP contribution in [0.2, 0.25) is 0 Å². The van der Waals surface area contributed by atoms with Gasteiger partial charge >= 0.3 is 0 Å².